The molecule has 0 bridgehead atoms. The zero-order valence-corrected chi connectivity index (χ0v) is 17.3. The number of hydrogen-bond donors (Lipinski definition) is 2. The third-order valence-corrected chi connectivity index (χ3v) is 5.41. The van der Waals surface area contributed by atoms with E-state index in [1.165, 1.54) is 0 Å². The molecule has 1 unspecified atom stereocenters. The number of aromatic nitrogens is 6. The lowest BCUT2D eigenvalue weighted by molar-refractivity contribution is -0.116. The Balaban J connectivity index is 1.64. The topological polar surface area (TPSA) is 119 Å². The summed E-state index contributed by atoms with van der Waals surface area (Å²) < 4.78 is 8.81. The molecule has 0 spiro atoms. The van der Waals surface area contributed by atoms with Gasteiger partial charge in [0, 0.05) is 17.9 Å². The summed E-state index contributed by atoms with van der Waals surface area (Å²) in [6.07, 6.45) is 0.271. The number of anilines is 1. The number of fused-ring (bicyclic) bond motifs is 2. The number of rotatable bonds is 4. The van der Waals surface area contributed by atoms with Crippen LogP contribution >= 0.6 is 0 Å². The van der Waals surface area contributed by atoms with E-state index in [2.05, 4.69) is 25.7 Å². The van der Waals surface area contributed by atoms with Crippen LogP contribution in [0.2, 0.25) is 0 Å². The summed E-state index contributed by atoms with van der Waals surface area (Å²) in [5.41, 5.74) is 3.20. The first-order valence-corrected chi connectivity index (χ1v) is 10.0. The predicted octanol–water partition coefficient (Wildman–Crippen LogP) is 2.51. The Labute approximate surface area is 177 Å². The second-order valence-electron chi connectivity index (χ2n) is 7.43. The molecule has 2 N–H and O–H groups in total. The summed E-state index contributed by atoms with van der Waals surface area (Å²) in [6, 6.07) is 8.79. The summed E-state index contributed by atoms with van der Waals surface area (Å²) in [6.45, 7) is 6.01. The molecule has 10 nitrogen and oxygen atoms in total. The van der Waals surface area contributed by atoms with Gasteiger partial charge in [-0.3, -0.25) is 4.79 Å². The number of nitrogens with one attached hydrogen (secondary N) is 1. The minimum Gasteiger partial charge on any atom is -0.504 e. The van der Waals surface area contributed by atoms with Crippen molar-refractivity contribution in [1.29, 1.82) is 0 Å². The number of hydrogen-bond acceptors (Lipinski definition) is 7. The molecule has 0 radical (unpaired) electrons. The van der Waals surface area contributed by atoms with Crippen molar-refractivity contribution in [2.24, 2.45) is 0 Å². The number of benzene rings is 1. The van der Waals surface area contributed by atoms with Crippen LogP contribution in [0.15, 0.2) is 30.3 Å². The molecule has 3 aromatic heterocycles. The van der Waals surface area contributed by atoms with E-state index in [9.17, 15) is 9.90 Å². The minimum atomic E-state index is -0.224. The Bertz CT molecular complexity index is 1320. The molecule has 1 atom stereocenters. The maximum Gasteiger partial charge on any atom is 0.226 e. The van der Waals surface area contributed by atoms with Crippen molar-refractivity contribution in [2.75, 3.05) is 11.9 Å². The summed E-state index contributed by atoms with van der Waals surface area (Å²) in [4.78, 5) is 12.6. The zero-order chi connectivity index (χ0) is 21.7. The number of ether oxygens (including phenoxy) is 1. The Morgan fingerprint density at radius 3 is 2.84 bits per heavy atom. The molecule has 4 heterocycles. The van der Waals surface area contributed by atoms with E-state index in [1.807, 2.05) is 32.9 Å². The highest BCUT2D eigenvalue weighted by Gasteiger charge is 2.33. The fraction of sp³-hybridized carbons (Fsp3) is 0.286. The molecule has 5 rings (SSSR count). The maximum atomic E-state index is 12.6. The molecule has 0 aliphatic carbocycles. The van der Waals surface area contributed by atoms with Crippen molar-refractivity contribution in [2.45, 2.75) is 33.1 Å². The van der Waals surface area contributed by atoms with Gasteiger partial charge in [0.15, 0.2) is 28.8 Å². The molecule has 31 heavy (non-hydrogen) atoms. The molecule has 0 fully saturated rings. The molecule has 4 aromatic rings. The quantitative estimate of drug-likeness (QED) is 0.521. The van der Waals surface area contributed by atoms with E-state index < -0.39 is 0 Å². The molecular weight excluding hydrogens is 398 g/mol. The monoisotopic (exact) mass is 419 g/mol. The van der Waals surface area contributed by atoms with E-state index in [1.54, 1.807) is 27.4 Å². The van der Waals surface area contributed by atoms with Crippen LogP contribution in [0.1, 0.15) is 41.9 Å². The molecule has 1 aliphatic heterocycles. The van der Waals surface area contributed by atoms with Crippen LogP contribution in [0.25, 0.3) is 11.5 Å². The molecule has 1 aliphatic rings. The number of carbonyl (C=O) groups is 1. The fourth-order valence-corrected chi connectivity index (χ4v) is 4.02. The highest BCUT2D eigenvalue weighted by molar-refractivity contribution is 5.95. The van der Waals surface area contributed by atoms with Gasteiger partial charge >= 0.3 is 0 Å². The van der Waals surface area contributed by atoms with Gasteiger partial charge in [0.05, 0.1) is 12.3 Å². The Morgan fingerprint density at radius 2 is 2.03 bits per heavy atom. The second-order valence-corrected chi connectivity index (χ2v) is 7.43. The number of phenols is 1. The number of phenolic OH excluding ortho intramolecular Hbond substituents is 1. The molecule has 0 saturated heterocycles. The normalized spacial score (nSPS) is 15.7. The van der Waals surface area contributed by atoms with Crippen molar-refractivity contribution in [3.8, 4) is 17.3 Å². The van der Waals surface area contributed by atoms with Crippen molar-refractivity contribution < 1.29 is 14.6 Å². The highest BCUT2D eigenvalue weighted by Crippen LogP contribution is 2.42. The van der Waals surface area contributed by atoms with Gasteiger partial charge in [-0.25, -0.2) is 0 Å². The second kappa shape index (κ2) is 7.08. The largest absolute Gasteiger partial charge is 0.504 e. The van der Waals surface area contributed by atoms with Crippen LogP contribution in [0.4, 0.5) is 5.82 Å². The standard InChI is InChI=1S/C21H21N7O3/c1-4-31-16-9-13(5-6-15(16)29)14-10-19(30)22-21-20(14)11(2)25-28(21)18-8-7-17-24-23-12(3)27(17)26-18/h5-9,14,29H,4,10H2,1-3H3,(H,22,30). The Hall–Kier alpha value is -3.95. The lowest BCUT2D eigenvalue weighted by Gasteiger charge is -2.24. The summed E-state index contributed by atoms with van der Waals surface area (Å²) >= 11 is 0. The van der Waals surface area contributed by atoms with Crippen LogP contribution in [-0.2, 0) is 4.79 Å². The lowest BCUT2D eigenvalue weighted by atomic mass is 9.85. The van der Waals surface area contributed by atoms with Gasteiger partial charge in [0.1, 0.15) is 5.82 Å². The SMILES string of the molecule is CCOc1cc(C2CC(=O)Nc3c2c(C)nn3-c2ccc3nnc(C)n3n2)ccc1O. The predicted molar refractivity (Wildman–Crippen MR) is 112 cm³/mol. The third kappa shape index (κ3) is 3.07. The summed E-state index contributed by atoms with van der Waals surface area (Å²) in [5.74, 6) is 1.91. The first-order valence-electron chi connectivity index (χ1n) is 10.0. The van der Waals surface area contributed by atoms with Crippen LogP contribution in [-0.4, -0.2) is 47.2 Å². The van der Waals surface area contributed by atoms with Gasteiger partial charge in [0.2, 0.25) is 5.91 Å². The van der Waals surface area contributed by atoms with Crippen molar-refractivity contribution >= 4 is 17.4 Å². The van der Waals surface area contributed by atoms with Crippen molar-refractivity contribution in [1.82, 2.24) is 29.6 Å². The molecule has 10 heteroatoms. The van der Waals surface area contributed by atoms with Crippen LogP contribution in [0.3, 0.4) is 0 Å². The van der Waals surface area contributed by atoms with Crippen LogP contribution in [0.5, 0.6) is 11.5 Å². The van der Waals surface area contributed by atoms with Crippen molar-refractivity contribution in [3.05, 3.63) is 53.0 Å². The average Bonchev–Trinajstić information content (AvgIpc) is 3.29. The molecule has 158 valence electrons. The Morgan fingerprint density at radius 1 is 1.19 bits per heavy atom. The van der Waals surface area contributed by atoms with Crippen LogP contribution in [0, 0.1) is 13.8 Å². The van der Waals surface area contributed by atoms with Gasteiger partial charge in [-0.15, -0.1) is 15.3 Å². The lowest BCUT2D eigenvalue weighted by Crippen LogP contribution is -2.25. The number of carbonyl (C=O) groups excluding carboxylic acids is 1. The number of aromatic hydroxyl groups is 1. The van der Waals surface area contributed by atoms with Crippen LogP contribution < -0.4 is 10.1 Å². The van der Waals surface area contributed by atoms with E-state index in [0.717, 1.165) is 16.8 Å². The number of amides is 1. The Kier molecular flexibility index (Phi) is 4.35. The third-order valence-electron chi connectivity index (χ3n) is 5.41. The zero-order valence-electron chi connectivity index (χ0n) is 17.3. The highest BCUT2D eigenvalue weighted by atomic mass is 16.5. The van der Waals surface area contributed by atoms with Gasteiger partial charge in [-0.05, 0) is 50.6 Å². The minimum absolute atomic E-state index is 0.0697. The fourth-order valence-electron chi connectivity index (χ4n) is 4.02. The summed E-state index contributed by atoms with van der Waals surface area (Å²) in [5, 5.41) is 30.4. The smallest absolute Gasteiger partial charge is 0.226 e. The van der Waals surface area contributed by atoms with E-state index in [-0.39, 0.29) is 24.0 Å². The first-order chi connectivity index (χ1) is 15.0. The number of aryl methyl sites for hydroxylation is 2. The first kappa shape index (κ1) is 19.0. The van der Waals surface area contributed by atoms with E-state index in [0.29, 0.717) is 35.5 Å². The van der Waals surface area contributed by atoms with Crippen molar-refractivity contribution in [3.63, 3.8) is 0 Å². The average molecular weight is 419 g/mol. The molecule has 1 amide bonds. The maximum absolute atomic E-state index is 12.6. The van der Waals surface area contributed by atoms with E-state index >= 15 is 0 Å². The molecule has 0 saturated carbocycles. The van der Waals surface area contributed by atoms with Gasteiger partial charge in [-0.2, -0.15) is 14.3 Å². The van der Waals surface area contributed by atoms with Gasteiger partial charge in [-0.1, -0.05) is 6.07 Å². The van der Waals surface area contributed by atoms with Gasteiger partial charge in [0.25, 0.3) is 0 Å². The number of nitrogens with zero attached hydrogens (tertiary/aromatic N) is 6. The molecular formula is C21H21N7O3. The molecule has 1 aromatic carbocycles. The van der Waals surface area contributed by atoms with Gasteiger partial charge < -0.3 is 15.2 Å². The summed E-state index contributed by atoms with van der Waals surface area (Å²) in [7, 11) is 0. The van der Waals surface area contributed by atoms with E-state index in [4.69, 9.17) is 4.74 Å².